The van der Waals surface area contributed by atoms with Gasteiger partial charge in [0.1, 0.15) is 6.54 Å². The fraction of sp³-hybridized carbons (Fsp3) is 0.286. The molecule has 2 aromatic rings. The Morgan fingerprint density at radius 3 is 2.76 bits per heavy atom. The first-order chi connectivity index (χ1) is 10.0. The van der Waals surface area contributed by atoms with E-state index >= 15 is 0 Å². The number of rotatable bonds is 4. The van der Waals surface area contributed by atoms with Crippen molar-refractivity contribution in [2.75, 3.05) is 7.11 Å². The van der Waals surface area contributed by atoms with Gasteiger partial charge in [-0.3, -0.25) is 14.2 Å². The summed E-state index contributed by atoms with van der Waals surface area (Å²) in [6.45, 7) is 1.07. The van der Waals surface area contributed by atoms with Crippen LogP contribution < -0.4 is 5.56 Å². The predicted molar refractivity (Wildman–Crippen MR) is 73.6 cm³/mol. The van der Waals surface area contributed by atoms with E-state index in [9.17, 15) is 14.4 Å². The summed E-state index contributed by atoms with van der Waals surface area (Å²) in [5.74, 6) is -1.38. The molecule has 0 aliphatic heterocycles. The van der Waals surface area contributed by atoms with Gasteiger partial charge in [0.15, 0.2) is 6.10 Å². The van der Waals surface area contributed by atoms with Crippen molar-refractivity contribution < 1.29 is 19.1 Å². The molecule has 1 atom stereocenters. The molecule has 1 aromatic heterocycles. The highest BCUT2D eigenvalue weighted by Crippen LogP contribution is 2.05. The van der Waals surface area contributed by atoms with Gasteiger partial charge in [0.05, 0.1) is 24.3 Å². The van der Waals surface area contributed by atoms with Gasteiger partial charge < -0.3 is 9.47 Å². The van der Waals surface area contributed by atoms with E-state index in [1.54, 1.807) is 24.3 Å². The van der Waals surface area contributed by atoms with E-state index in [4.69, 9.17) is 4.74 Å². The van der Waals surface area contributed by atoms with E-state index in [1.807, 2.05) is 0 Å². The van der Waals surface area contributed by atoms with Crippen LogP contribution in [-0.4, -0.2) is 34.7 Å². The van der Waals surface area contributed by atoms with Crippen molar-refractivity contribution >= 4 is 22.8 Å². The van der Waals surface area contributed by atoms with Crippen molar-refractivity contribution in [2.24, 2.45) is 0 Å². The maximum atomic E-state index is 12.2. The summed E-state index contributed by atoms with van der Waals surface area (Å²) in [7, 11) is 1.20. The molecule has 110 valence electrons. The van der Waals surface area contributed by atoms with Gasteiger partial charge in [0.2, 0.25) is 0 Å². The number of fused-ring (bicyclic) bond motifs is 1. The van der Waals surface area contributed by atoms with E-state index in [1.165, 1.54) is 20.4 Å². The molecule has 0 saturated heterocycles. The van der Waals surface area contributed by atoms with Crippen molar-refractivity contribution in [1.29, 1.82) is 0 Å². The van der Waals surface area contributed by atoms with Crippen molar-refractivity contribution in [1.82, 2.24) is 9.55 Å². The average molecular weight is 290 g/mol. The number of nitrogens with zero attached hydrogens (tertiary/aromatic N) is 2. The largest absolute Gasteiger partial charge is 0.466 e. The van der Waals surface area contributed by atoms with E-state index in [0.717, 1.165) is 4.57 Å². The molecule has 1 aromatic carbocycles. The molecule has 0 fully saturated rings. The third-order valence-corrected chi connectivity index (χ3v) is 2.87. The molecule has 0 bridgehead atoms. The molecule has 7 heteroatoms. The third kappa shape index (κ3) is 3.25. The molecule has 0 aliphatic rings. The number of methoxy groups -OCH3 is 1. The Hall–Kier alpha value is -2.70. The van der Waals surface area contributed by atoms with Gasteiger partial charge in [-0.2, -0.15) is 0 Å². The van der Waals surface area contributed by atoms with Crippen LogP contribution in [0.4, 0.5) is 0 Å². The standard InChI is InChI=1S/C14H14N2O5/c1-9(14(19)20-2)21-12(17)7-16-8-15-11-6-4-3-5-10(11)13(16)18/h3-6,8-9H,7H2,1-2H3. The zero-order valence-corrected chi connectivity index (χ0v) is 11.6. The average Bonchev–Trinajstić information content (AvgIpc) is 2.49. The quantitative estimate of drug-likeness (QED) is 0.762. The maximum Gasteiger partial charge on any atom is 0.346 e. The van der Waals surface area contributed by atoms with Crippen molar-refractivity contribution in [2.45, 2.75) is 19.6 Å². The highest BCUT2D eigenvalue weighted by Gasteiger charge is 2.18. The van der Waals surface area contributed by atoms with Crippen LogP contribution in [0.25, 0.3) is 10.9 Å². The van der Waals surface area contributed by atoms with Crippen LogP contribution in [0, 0.1) is 0 Å². The summed E-state index contributed by atoms with van der Waals surface area (Å²) in [6, 6.07) is 6.82. The fourth-order valence-electron chi connectivity index (χ4n) is 1.81. The van der Waals surface area contributed by atoms with Crippen molar-refractivity contribution in [3.8, 4) is 0 Å². The Morgan fingerprint density at radius 2 is 2.05 bits per heavy atom. The molecule has 0 saturated carbocycles. The van der Waals surface area contributed by atoms with Gasteiger partial charge >= 0.3 is 11.9 Å². The minimum atomic E-state index is -1.02. The molecule has 21 heavy (non-hydrogen) atoms. The number of carbonyl (C=O) groups excluding carboxylic acids is 2. The van der Waals surface area contributed by atoms with Crippen LogP contribution in [-0.2, 0) is 25.6 Å². The number of carbonyl (C=O) groups is 2. The second-order valence-electron chi connectivity index (χ2n) is 4.35. The Kier molecular flexibility index (Phi) is 4.32. The number of para-hydroxylation sites is 1. The molecular formula is C14H14N2O5. The topological polar surface area (TPSA) is 87.5 Å². The van der Waals surface area contributed by atoms with Gasteiger partial charge in [-0.25, -0.2) is 9.78 Å². The number of aromatic nitrogens is 2. The molecule has 0 N–H and O–H groups in total. The minimum absolute atomic E-state index is 0.321. The number of ether oxygens (including phenoxy) is 2. The first-order valence-electron chi connectivity index (χ1n) is 6.24. The molecule has 0 amide bonds. The lowest BCUT2D eigenvalue weighted by molar-refractivity contribution is -0.165. The summed E-state index contributed by atoms with van der Waals surface area (Å²) in [4.78, 5) is 39.1. The number of esters is 2. The zero-order chi connectivity index (χ0) is 15.4. The highest BCUT2D eigenvalue weighted by atomic mass is 16.6. The van der Waals surface area contributed by atoms with Crippen LogP contribution in [0.1, 0.15) is 6.92 Å². The van der Waals surface area contributed by atoms with Crippen LogP contribution >= 0.6 is 0 Å². The third-order valence-electron chi connectivity index (χ3n) is 2.87. The number of benzene rings is 1. The van der Waals surface area contributed by atoms with Crippen LogP contribution in [0.5, 0.6) is 0 Å². The first-order valence-corrected chi connectivity index (χ1v) is 6.24. The molecule has 1 unspecified atom stereocenters. The molecule has 0 aliphatic carbocycles. The monoisotopic (exact) mass is 290 g/mol. The Morgan fingerprint density at radius 1 is 1.33 bits per heavy atom. The van der Waals surface area contributed by atoms with Gasteiger partial charge in [-0.05, 0) is 19.1 Å². The Labute approximate surface area is 120 Å². The summed E-state index contributed by atoms with van der Waals surface area (Å²) in [5.41, 5.74) is 0.207. The molecule has 7 nitrogen and oxygen atoms in total. The maximum absolute atomic E-state index is 12.2. The highest BCUT2D eigenvalue weighted by molar-refractivity contribution is 5.79. The second kappa shape index (κ2) is 6.17. The SMILES string of the molecule is COC(=O)C(C)OC(=O)Cn1cnc2ccccc2c1=O. The Balaban J connectivity index is 2.17. The fourth-order valence-corrected chi connectivity index (χ4v) is 1.81. The smallest absolute Gasteiger partial charge is 0.346 e. The van der Waals surface area contributed by atoms with E-state index in [0.29, 0.717) is 10.9 Å². The van der Waals surface area contributed by atoms with E-state index in [-0.39, 0.29) is 12.1 Å². The van der Waals surface area contributed by atoms with Gasteiger partial charge in [0, 0.05) is 0 Å². The normalized spacial score (nSPS) is 11.9. The lowest BCUT2D eigenvalue weighted by Crippen LogP contribution is -2.30. The summed E-state index contributed by atoms with van der Waals surface area (Å²) >= 11 is 0. The zero-order valence-electron chi connectivity index (χ0n) is 11.6. The number of hydrogen-bond donors (Lipinski definition) is 0. The second-order valence-corrected chi connectivity index (χ2v) is 4.35. The predicted octanol–water partition coefficient (Wildman–Crippen LogP) is 0.501. The molecule has 1 heterocycles. The Bertz CT molecular complexity index is 737. The summed E-state index contributed by atoms with van der Waals surface area (Å²) in [6.07, 6.45) is 0.251. The summed E-state index contributed by atoms with van der Waals surface area (Å²) < 4.78 is 10.5. The van der Waals surface area contributed by atoms with Gasteiger partial charge in [-0.15, -0.1) is 0 Å². The van der Waals surface area contributed by atoms with Crippen LogP contribution in [0.2, 0.25) is 0 Å². The summed E-state index contributed by atoms with van der Waals surface area (Å²) in [5, 5.41) is 0.411. The number of hydrogen-bond acceptors (Lipinski definition) is 6. The van der Waals surface area contributed by atoms with Gasteiger partial charge in [-0.1, -0.05) is 12.1 Å². The lowest BCUT2D eigenvalue weighted by Gasteiger charge is -2.11. The molecule has 2 rings (SSSR count). The van der Waals surface area contributed by atoms with Gasteiger partial charge in [0.25, 0.3) is 5.56 Å². The molecule has 0 radical (unpaired) electrons. The lowest BCUT2D eigenvalue weighted by atomic mass is 10.2. The van der Waals surface area contributed by atoms with Crippen molar-refractivity contribution in [3.63, 3.8) is 0 Å². The van der Waals surface area contributed by atoms with Crippen molar-refractivity contribution in [3.05, 3.63) is 40.9 Å². The van der Waals surface area contributed by atoms with E-state index in [2.05, 4.69) is 9.72 Å². The first kappa shape index (κ1) is 14.7. The van der Waals surface area contributed by atoms with Crippen LogP contribution in [0.3, 0.4) is 0 Å². The van der Waals surface area contributed by atoms with Crippen LogP contribution in [0.15, 0.2) is 35.4 Å². The minimum Gasteiger partial charge on any atom is -0.466 e. The van der Waals surface area contributed by atoms with E-state index < -0.39 is 18.0 Å². The molecular weight excluding hydrogens is 276 g/mol. The molecule has 0 spiro atoms.